The summed E-state index contributed by atoms with van der Waals surface area (Å²) in [6.07, 6.45) is 3.38. The number of amides is 1. The van der Waals surface area contributed by atoms with Crippen LogP contribution >= 0.6 is 23.2 Å². The van der Waals surface area contributed by atoms with E-state index in [1.807, 2.05) is 48.7 Å². The van der Waals surface area contributed by atoms with Crippen molar-refractivity contribution in [1.29, 1.82) is 0 Å². The van der Waals surface area contributed by atoms with E-state index in [4.69, 9.17) is 32.9 Å². The first-order valence-corrected chi connectivity index (χ1v) is 12.3. The van der Waals surface area contributed by atoms with Gasteiger partial charge in [-0.25, -0.2) is 9.78 Å². The number of aromatic nitrogens is 2. The largest absolute Gasteiger partial charge is 0.496 e. The molecule has 1 saturated heterocycles. The van der Waals surface area contributed by atoms with Crippen molar-refractivity contribution >= 4 is 40.6 Å². The number of benzene rings is 2. The molecule has 9 heteroatoms. The molecule has 0 saturated carbocycles. The first-order valence-electron chi connectivity index (χ1n) is 11.5. The minimum Gasteiger partial charge on any atom is -0.496 e. The van der Waals surface area contributed by atoms with Gasteiger partial charge in [-0.1, -0.05) is 41.4 Å². The third-order valence-electron chi connectivity index (χ3n) is 6.61. The summed E-state index contributed by atoms with van der Waals surface area (Å²) in [5, 5.41) is 9.81. The second-order valence-corrected chi connectivity index (χ2v) is 9.47. The maximum Gasteiger partial charge on any atom is 0.336 e. The molecule has 0 atom stereocenters. The van der Waals surface area contributed by atoms with E-state index in [9.17, 15) is 14.7 Å². The average Bonchev–Trinajstić information content (AvgIpc) is 3.29. The Morgan fingerprint density at radius 2 is 1.67 bits per heavy atom. The molecule has 4 aromatic rings. The van der Waals surface area contributed by atoms with Gasteiger partial charge >= 0.3 is 5.97 Å². The lowest BCUT2D eigenvalue weighted by Gasteiger charge is -2.32. The molecule has 3 heterocycles. The smallest absolute Gasteiger partial charge is 0.336 e. The van der Waals surface area contributed by atoms with E-state index in [0.29, 0.717) is 25.9 Å². The van der Waals surface area contributed by atoms with Crippen LogP contribution in [-0.4, -0.2) is 51.5 Å². The zero-order valence-electron chi connectivity index (χ0n) is 19.4. The number of piperidine rings is 1. The number of aromatic carboxylic acids is 1. The maximum atomic E-state index is 13.2. The molecular formula is C27H23Cl2N3O4. The number of methoxy groups -OCH3 is 1. The van der Waals surface area contributed by atoms with Gasteiger partial charge in [-0.3, -0.25) is 4.79 Å². The van der Waals surface area contributed by atoms with Crippen LogP contribution in [0.1, 0.15) is 45.3 Å². The molecule has 1 amide bonds. The van der Waals surface area contributed by atoms with Crippen molar-refractivity contribution in [2.75, 3.05) is 20.2 Å². The number of hydrogen-bond donors (Lipinski definition) is 1. The van der Waals surface area contributed by atoms with Crippen LogP contribution in [0.25, 0.3) is 16.8 Å². The van der Waals surface area contributed by atoms with E-state index in [1.54, 1.807) is 12.0 Å². The van der Waals surface area contributed by atoms with E-state index in [2.05, 4.69) is 4.40 Å². The first kappa shape index (κ1) is 24.2. The fourth-order valence-electron chi connectivity index (χ4n) is 4.80. The minimum absolute atomic E-state index is 0.0417. The van der Waals surface area contributed by atoms with Crippen molar-refractivity contribution in [3.05, 3.63) is 87.8 Å². The van der Waals surface area contributed by atoms with Gasteiger partial charge in [0.2, 0.25) is 0 Å². The molecule has 184 valence electrons. The monoisotopic (exact) mass is 523 g/mol. The average molecular weight is 524 g/mol. The molecule has 1 fully saturated rings. The standard InChI is InChI=1S/C27H23Cl2N3O4/c1-36-23-8-3-2-6-17(23)24-22-7-4-5-11-32(22)25(30-24)16-9-12-31(13-10-16)26(33)18-14-20(28)21(29)15-19(18)27(34)35/h2-8,11,14-16H,9-10,12-13H2,1H3,(H,34,35). The molecule has 0 aliphatic carbocycles. The normalized spacial score (nSPS) is 14.2. The summed E-state index contributed by atoms with van der Waals surface area (Å²) in [5.74, 6) is 0.218. The number of carbonyl (C=O) groups excluding carboxylic acids is 1. The third-order valence-corrected chi connectivity index (χ3v) is 7.33. The van der Waals surface area contributed by atoms with Crippen molar-refractivity contribution in [3.63, 3.8) is 0 Å². The molecule has 7 nitrogen and oxygen atoms in total. The molecular weight excluding hydrogens is 501 g/mol. The van der Waals surface area contributed by atoms with E-state index < -0.39 is 5.97 Å². The SMILES string of the molecule is COc1ccccc1-c1nc(C2CCN(C(=O)c3cc(Cl)c(Cl)cc3C(=O)O)CC2)n2ccccc12. The third kappa shape index (κ3) is 4.29. The number of carboxylic acid groups (broad SMARTS) is 1. The fraction of sp³-hybridized carbons (Fsp3) is 0.222. The summed E-state index contributed by atoms with van der Waals surface area (Å²) in [7, 11) is 1.65. The van der Waals surface area contributed by atoms with Crippen LogP contribution in [0.2, 0.25) is 10.0 Å². The molecule has 36 heavy (non-hydrogen) atoms. The summed E-state index contributed by atoms with van der Waals surface area (Å²) < 4.78 is 7.68. The van der Waals surface area contributed by atoms with Crippen molar-refractivity contribution in [2.45, 2.75) is 18.8 Å². The van der Waals surface area contributed by atoms with Crippen LogP contribution in [-0.2, 0) is 0 Å². The van der Waals surface area contributed by atoms with E-state index in [-0.39, 0.29) is 33.0 Å². The fourth-order valence-corrected chi connectivity index (χ4v) is 5.13. The number of carboxylic acids is 1. The molecule has 0 bridgehead atoms. The Bertz CT molecular complexity index is 1480. The van der Waals surface area contributed by atoms with Gasteiger partial charge in [0.1, 0.15) is 17.3 Å². The zero-order valence-corrected chi connectivity index (χ0v) is 21.0. The Kier molecular flexibility index (Phi) is 6.60. The second kappa shape index (κ2) is 9.84. The highest BCUT2D eigenvalue weighted by molar-refractivity contribution is 6.42. The lowest BCUT2D eigenvalue weighted by Crippen LogP contribution is -2.38. The maximum absolute atomic E-state index is 13.2. The molecule has 1 aliphatic rings. The Balaban J connectivity index is 1.42. The van der Waals surface area contributed by atoms with Gasteiger partial charge in [0, 0.05) is 30.8 Å². The molecule has 0 unspecified atom stereocenters. The summed E-state index contributed by atoms with van der Waals surface area (Å²) in [6.45, 7) is 0.934. The quantitative estimate of drug-likeness (QED) is 0.345. The molecule has 1 aliphatic heterocycles. The number of likely N-dealkylation sites (tertiary alicyclic amines) is 1. The van der Waals surface area contributed by atoms with E-state index >= 15 is 0 Å². The van der Waals surface area contributed by atoms with Crippen LogP contribution in [0.15, 0.2) is 60.8 Å². The summed E-state index contributed by atoms with van der Waals surface area (Å²) in [6, 6.07) is 16.4. The number of carbonyl (C=O) groups is 2. The van der Waals surface area contributed by atoms with Gasteiger partial charge in [-0.2, -0.15) is 0 Å². The lowest BCUT2D eigenvalue weighted by atomic mass is 9.95. The number of pyridine rings is 1. The highest BCUT2D eigenvalue weighted by Crippen LogP contribution is 2.36. The van der Waals surface area contributed by atoms with Gasteiger partial charge in [-0.15, -0.1) is 0 Å². The van der Waals surface area contributed by atoms with Gasteiger partial charge < -0.3 is 19.1 Å². The van der Waals surface area contributed by atoms with Crippen molar-refractivity contribution in [1.82, 2.24) is 14.3 Å². The molecule has 5 rings (SSSR count). The zero-order chi connectivity index (χ0) is 25.4. The number of fused-ring (bicyclic) bond motifs is 1. The Hall–Kier alpha value is -3.55. The van der Waals surface area contributed by atoms with Crippen molar-refractivity contribution < 1.29 is 19.4 Å². The summed E-state index contributed by atoms with van der Waals surface area (Å²) >= 11 is 12.1. The van der Waals surface area contributed by atoms with Crippen LogP contribution in [0, 0.1) is 0 Å². The van der Waals surface area contributed by atoms with Crippen molar-refractivity contribution in [2.24, 2.45) is 0 Å². The number of ether oxygens (including phenoxy) is 1. The molecule has 1 N–H and O–H groups in total. The number of hydrogen-bond acceptors (Lipinski definition) is 4. The number of rotatable bonds is 5. The lowest BCUT2D eigenvalue weighted by molar-refractivity contribution is 0.0661. The van der Waals surface area contributed by atoms with E-state index in [1.165, 1.54) is 12.1 Å². The summed E-state index contributed by atoms with van der Waals surface area (Å²) in [5.41, 5.74) is 2.64. The Labute approximate surface area is 217 Å². The highest BCUT2D eigenvalue weighted by Gasteiger charge is 2.30. The van der Waals surface area contributed by atoms with Gasteiger partial charge in [0.05, 0.1) is 33.8 Å². The second-order valence-electron chi connectivity index (χ2n) is 8.66. The van der Waals surface area contributed by atoms with Crippen molar-refractivity contribution in [3.8, 4) is 17.0 Å². The van der Waals surface area contributed by atoms with Gasteiger partial charge in [0.15, 0.2) is 0 Å². The van der Waals surface area contributed by atoms with E-state index in [0.717, 1.165) is 28.3 Å². The number of para-hydroxylation sites is 1. The predicted octanol–water partition coefficient (Wildman–Crippen LogP) is 6.03. The Morgan fingerprint density at radius 1 is 1.00 bits per heavy atom. The Morgan fingerprint density at radius 3 is 2.36 bits per heavy atom. The molecule has 2 aromatic carbocycles. The van der Waals surface area contributed by atoms with Gasteiger partial charge in [0.25, 0.3) is 5.91 Å². The van der Waals surface area contributed by atoms with Crippen LogP contribution in [0.3, 0.4) is 0 Å². The molecule has 0 spiro atoms. The van der Waals surface area contributed by atoms with Gasteiger partial charge in [-0.05, 0) is 49.2 Å². The van der Waals surface area contributed by atoms with Crippen LogP contribution in [0.5, 0.6) is 5.75 Å². The van der Waals surface area contributed by atoms with Crippen LogP contribution < -0.4 is 4.74 Å². The first-order chi connectivity index (χ1) is 17.4. The molecule has 2 aromatic heterocycles. The molecule has 0 radical (unpaired) electrons. The summed E-state index contributed by atoms with van der Waals surface area (Å²) in [4.78, 5) is 31.7. The number of imidazole rings is 1. The predicted molar refractivity (Wildman–Crippen MR) is 138 cm³/mol. The van der Waals surface area contributed by atoms with Crippen LogP contribution in [0.4, 0.5) is 0 Å². The number of halogens is 2. The number of nitrogens with zero attached hydrogens (tertiary/aromatic N) is 3. The topological polar surface area (TPSA) is 84.1 Å². The highest BCUT2D eigenvalue weighted by atomic mass is 35.5. The minimum atomic E-state index is -1.22.